The Kier molecular flexibility index (Phi) is 3.59. The van der Waals surface area contributed by atoms with Gasteiger partial charge in [0.1, 0.15) is 11.6 Å². The first-order chi connectivity index (χ1) is 5.68. The van der Waals surface area contributed by atoms with Gasteiger partial charge in [0.25, 0.3) is 0 Å². The summed E-state index contributed by atoms with van der Waals surface area (Å²) in [6.45, 7) is 12.6. The van der Waals surface area contributed by atoms with Crippen LogP contribution in [0.1, 0.15) is 34.6 Å². The molecule has 0 bridgehead atoms. The van der Waals surface area contributed by atoms with Crippen molar-refractivity contribution in [3.8, 4) is 0 Å². The summed E-state index contributed by atoms with van der Waals surface area (Å²) in [6, 6.07) is 0. The lowest BCUT2D eigenvalue weighted by atomic mass is 9.77. The fourth-order valence-electron chi connectivity index (χ4n) is 1.21. The maximum absolute atomic E-state index is 11.2. The third kappa shape index (κ3) is 3.13. The van der Waals surface area contributed by atoms with Crippen LogP contribution in [0, 0.1) is 11.3 Å². The average molecular weight is 182 g/mol. The molecule has 0 fully saturated rings. The number of ketones is 2. The van der Waals surface area contributed by atoms with Crippen molar-refractivity contribution in [3.05, 3.63) is 12.2 Å². The van der Waals surface area contributed by atoms with Crippen LogP contribution in [0.4, 0.5) is 0 Å². The van der Waals surface area contributed by atoms with Gasteiger partial charge in [-0.1, -0.05) is 32.9 Å². The van der Waals surface area contributed by atoms with Gasteiger partial charge in [0.05, 0.1) is 5.92 Å². The van der Waals surface area contributed by atoms with Crippen LogP contribution in [0.5, 0.6) is 0 Å². The van der Waals surface area contributed by atoms with Crippen LogP contribution in [-0.2, 0) is 9.59 Å². The van der Waals surface area contributed by atoms with Crippen LogP contribution in [0.15, 0.2) is 12.2 Å². The summed E-state index contributed by atoms with van der Waals surface area (Å²) in [5, 5.41) is 0. The molecule has 0 atom stereocenters. The van der Waals surface area contributed by atoms with Gasteiger partial charge in [0, 0.05) is 0 Å². The van der Waals surface area contributed by atoms with Crippen LogP contribution in [0.25, 0.3) is 0 Å². The molecular weight excluding hydrogens is 164 g/mol. The predicted molar refractivity (Wildman–Crippen MR) is 53.4 cm³/mol. The van der Waals surface area contributed by atoms with Gasteiger partial charge >= 0.3 is 0 Å². The van der Waals surface area contributed by atoms with E-state index in [-0.39, 0.29) is 17.0 Å². The topological polar surface area (TPSA) is 34.1 Å². The molecule has 0 spiro atoms. The van der Waals surface area contributed by atoms with Crippen LogP contribution >= 0.6 is 0 Å². The zero-order valence-electron chi connectivity index (χ0n) is 9.10. The summed E-state index contributed by atoms with van der Waals surface area (Å²) in [5.41, 5.74) is 0.509. The maximum atomic E-state index is 11.2. The van der Waals surface area contributed by atoms with E-state index in [1.54, 1.807) is 0 Å². The number of rotatable bonds is 3. The van der Waals surface area contributed by atoms with Crippen LogP contribution in [-0.4, -0.2) is 11.6 Å². The monoisotopic (exact) mass is 182 g/mol. The molecule has 0 N–H and O–H groups in total. The fraction of sp³-hybridized carbons (Fsp3) is 0.636. The molecule has 0 saturated heterocycles. The number of hydrogen-bond acceptors (Lipinski definition) is 2. The lowest BCUT2D eigenvalue weighted by molar-refractivity contribution is -0.129. The minimum atomic E-state index is -0.625. The van der Waals surface area contributed by atoms with E-state index in [4.69, 9.17) is 0 Å². The highest BCUT2D eigenvalue weighted by atomic mass is 16.1. The molecule has 0 radical (unpaired) electrons. The summed E-state index contributed by atoms with van der Waals surface area (Å²) in [4.78, 5) is 22.4. The summed E-state index contributed by atoms with van der Waals surface area (Å²) in [6.07, 6.45) is 0. The van der Waals surface area contributed by atoms with Crippen molar-refractivity contribution in [2.24, 2.45) is 11.3 Å². The molecule has 0 heterocycles. The Hall–Kier alpha value is -0.920. The Bertz CT molecular complexity index is 229. The van der Waals surface area contributed by atoms with E-state index in [2.05, 4.69) is 6.58 Å². The Morgan fingerprint density at radius 2 is 1.38 bits per heavy atom. The molecule has 0 aliphatic heterocycles. The van der Waals surface area contributed by atoms with Gasteiger partial charge in [-0.3, -0.25) is 9.59 Å². The molecule has 0 aliphatic carbocycles. The fourth-order valence-corrected chi connectivity index (χ4v) is 1.21. The smallest absolute Gasteiger partial charge is 0.144 e. The van der Waals surface area contributed by atoms with E-state index in [1.165, 1.54) is 13.8 Å². The summed E-state index contributed by atoms with van der Waals surface area (Å²) >= 11 is 0. The highest BCUT2D eigenvalue weighted by molar-refractivity contribution is 6.03. The Morgan fingerprint density at radius 1 is 1.08 bits per heavy atom. The molecule has 0 rings (SSSR count). The van der Waals surface area contributed by atoms with E-state index < -0.39 is 5.92 Å². The average Bonchev–Trinajstić information content (AvgIpc) is 1.82. The molecular formula is C11H18O2. The summed E-state index contributed by atoms with van der Waals surface area (Å²) in [7, 11) is 0. The SMILES string of the molecule is C=C(C(C(C)=O)C(C)=O)C(C)(C)C. The molecule has 2 nitrogen and oxygen atoms in total. The predicted octanol–water partition coefficient (Wildman–Crippen LogP) is 2.38. The lowest BCUT2D eigenvalue weighted by Crippen LogP contribution is -2.27. The quantitative estimate of drug-likeness (QED) is 0.496. The minimum absolute atomic E-state index is 0.118. The van der Waals surface area contributed by atoms with E-state index in [0.29, 0.717) is 5.57 Å². The van der Waals surface area contributed by atoms with Gasteiger partial charge in [-0.15, -0.1) is 0 Å². The standard InChI is InChI=1S/C11H18O2/c1-7(11(4,5)6)10(8(2)12)9(3)13/h10H,1H2,2-6H3. The first kappa shape index (κ1) is 12.1. The third-order valence-corrected chi connectivity index (χ3v) is 2.12. The van der Waals surface area contributed by atoms with E-state index >= 15 is 0 Å². The first-order valence-electron chi connectivity index (χ1n) is 4.38. The van der Waals surface area contributed by atoms with Crippen LogP contribution in [0.2, 0.25) is 0 Å². The molecule has 0 aromatic rings. The van der Waals surface area contributed by atoms with Crippen molar-refractivity contribution >= 4 is 11.6 Å². The second kappa shape index (κ2) is 3.86. The molecule has 2 heteroatoms. The van der Waals surface area contributed by atoms with Crippen molar-refractivity contribution in [2.75, 3.05) is 0 Å². The molecule has 0 amide bonds. The third-order valence-electron chi connectivity index (χ3n) is 2.12. The Morgan fingerprint density at radius 3 is 1.46 bits per heavy atom. The number of allylic oxidation sites excluding steroid dienone is 1. The van der Waals surface area contributed by atoms with Gasteiger partial charge in [0.15, 0.2) is 0 Å². The Labute approximate surface area is 80.0 Å². The van der Waals surface area contributed by atoms with E-state index in [1.807, 2.05) is 20.8 Å². The van der Waals surface area contributed by atoms with Crippen LogP contribution in [0.3, 0.4) is 0 Å². The van der Waals surface area contributed by atoms with Gasteiger partial charge in [-0.05, 0) is 19.3 Å². The zero-order valence-corrected chi connectivity index (χ0v) is 9.10. The van der Waals surface area contributed by atoms with Crippen molar-refractivity contribution in [2.45, 2.75) is 34.6 Å². The minimum Gasteiger partial charge on any atom is -0.299 e. The normalized spacial score (nSPS) is 11.5. The van der Waals surface area contributed by atoms with Crippen LogP contribution < -0.4 is 0 Å². The Balaban J connectivity index is 4.89. The highest BCUT2D eigenvalue weighted by Crippen LogP contribution is 2.30. The van der Waals surface area contributed by atoms with Gasteiger partial charge < -0.3 is 0 Å². The highest BCUT2D eigenvalue weighted by Gasteiger charge is 2.29. The second-order valence-electron chi connectivity index (χ2n) is 4.43. The summed E-state index contributed by atoms with van der Waals surface area (Å²) < 4.78 is 0. The zero-order chi connectivity index (χ0) is 10.8. The molecule has 0 aromatic carbocycles. The molecule has 0 unspecified atom stereocenters. The van der Waals surface area contributed by atoms with Gasteiger partial charge in [-0.2, -0.15) is 0 Å². The molecule has 0 aliphatic rings. The first-order valence-corrected chi connectivity index (χ1v) is 4.38. The number of carbonyl (C=O) groups is 2. The number of carbonyl (C=O) groups excluding carboxylic acids is 2. The van der Waals surface area contributed by atoms with Crippen molar-refractivity contribution < 1.29 is 9.59 Å². The van der Waals surface area contributed by atoms with Crippen molar-refractivity contribution in [3.63, 3.8) is 0 Å². The lowest BCUT2D eigenvalue weighted by Gasteiger charge is -2.26. The number of hydrogen-bond donors (Lipinski definition) is 0. The van der Waals surface area contributed by atoms with Crippen molar-refractivity contribution in [1.29, 1.82) is 0 Å². The number of Topliss-reactive ketones (excluding diaryl/α,β-unsaturated/α-hetero) is 2. The molecule has 74 valence electrons. The van der Waals surface area contributed by atoms with E-state index in [9.17, 15) is 9.59 Å². The second-order valence-corrected chi connectivity index (χ2v) is 4.43. The largest absolute Gasteiger partial charge is 0.299 e. The summed E-state index contributed by atoms with van der Waals surface area (Å²) in [5.74, 6) is -0.861. The van der Waals surface area contributed by atoms with Gasteiger partial charge in [-0.25, -0.2) is 0 Å². The molecule has 0 aromatic heterocycles. The maximum Gasteiger partial charge on any atom is 0.144 e. The molecule has 13 heavy (non-hydrogen) atoms. The van der Waals surface area contributed by atoms with Gasteiger partial charge in [0.2, 0.25) is 0 Å². The molecule has 0 saturated carbocycles. The van der Waals surface area contributed by atoms with Crippen molar-refractivity contribution in [1.82, 2.24) is 0 Å². The van der Waals surface area contributed by atoms with E-state index in [0.717, 1.165) is 0 Å².